The average molecular weight is 258 g/mol. The fourth-order valence-corrected chi connectivity index (χ4v) is 1.43. The molecule has 0 N–H and O–H groups in total. The summed E-state index contributed by atoms with van der Waals surface area (Å²) < 4.78 is 5.41. The highest BCUT2D eigenvalue weighted by Crippen LogP contribution is 2.23. The first-order chi connectivity index (χ1) is 9.06. The number of ether oxygens (including phenoxy) is 1. The molecule has 0 saturated heterocycles. The van der Waals surface area contributed by atoms with Crippen molar-refractivity contribution in [3.63, 3.8) is 0 Å². The summed E-state index contributed by atoms with van der Waals surface area (Å²) in [6.07, 6.45) is 0. The van der Waals surface area contributed by atoms with Crippen molar-refractivity contribution < 1.29 is 19.6 Å². The first kappa shape index (κ1) is 12.6. The Bertz CT molecular complexity index is 548. The minimum Gasteiger partial charge on any atom is -0.545 e. The van der Waals surface area contributed by atoms with E-state index in [0.717, 1.165) is 0 Å². The molecule has 19 heavy (non-hydrogen) atoms. The Balaban J connectivity index is 2.12. The molecule has 2 rings (SSSR count). The summed E-state index contributed by atoms with van der Waals surface area (Å²) in [5.74, 6) is -0.410. The third-order valence-corrected chi connectivity index (χ3v) is 2.37. The van der Waals surface area contributed by atoms with Crippen LogP contribution in [0.5, 0.6) is 11.5 Å². The van der Waals surface area contributed by atoms with Crippen molar-refractivity contribution in [2.75, 3.05) is 0 Å². The molecule has 0 aliphatic heterocycles. The van der Waals surface area contributed by atoms with E-state index < -0.39 is 10.9 Å². The van der Waals surface area contributed by atoms with E-state index in [4.69, 9.17) is 4.74 Å². The predicted octanol–water partition coefficient (Wildman–Crippen LogP) is 1.75. The number of benzene rings is 2. The summed E-state index contributed by atoms with van der Waals surface area (Å²) in [5.41, 5.74) is 0.0238. The number of nitrogens with zero attached hydrogens (tertiary/aromatic N) is 1. The highest BCUT2D eigenvalue weighted by Gasteiger charge is 2.05. The van der Waals surface area contributed by atoms with Crippen LogP contribution in [0.3, 0.4) is 0 Å². The van der Waals surface area contributed by atoms with Gasteiger partial charge in [0.15, 0.2) is 0 Å². The van der Waals surface area contributed by atoms with Gasteiger partial charge in [-0.1, -0.05) is 0 Å². The van der Waals surface area contributed by atoms with Crippen LogP contribution in [-0.4, -0.2) is 10.9 Å². The SMILES string of the molecule is O=C([O-])c1ccc(Oc2ccc([N+](=O)[O-])cc2)cc1. The lowest BCUT2D eigenvalue weighted by Crippen LogP contribution is -2.21. The summed E-state index contributed by atoms with van der Waals surface area (Å²) >= 11 is 0. The molecule has 0 atom stereocenters. The van der Waals surface area contributed by atoms with Gasteiger partial charge in [0.05, 0.1) is 10.9 Å². The van der Waals surface area contributed by atoms with Gasteiger partial charge in [-0.3, -0.25) is 10.1 Å². The quantitative estimate of drug-likeness (QED) is 0.615. The summed E-state index contributed by atoms with van der Waals surface area (Å²) in [6, 6.07) is 11.2. The van der Waals surface area contributed by atoms with E-state index in [9.17, 15) is 20.0 Å². The van der Waals surface area contributed by atoms with Crippen LogP contribution in [0.15, 0.2) is 48.5 Å². The van der Waals surface area contributed by atoms with Gasteiger partial charge >= 0.3 is 0 Å². The van der Waals surface area contributed by atoms with Gasteiger partial charge in [0.25, 0.3) is 5.69 Å². The summed E-state index contributed by atoms with van der Waals surface area (Å²) in [4.78, 5) is 20.5. The molecule has 6 heteroatoms. The molecule has 0 heterocycles. The Morgan fingerprint density at radius 2 is 1.42 bits per heavy atom. The highest BCUT2D eigenvalue weighted by molar-refractivity contribution is 5.85. The van der Waals surface area contributed by atoms with Gasteiger partial charge in [-0.15, -0.1) is 0 Å². The van der Waals surface area contributed by atoms with Gasteiger partial charge in [0.1, 0.15) is 11.5 Å². The van der Waals surface area contributed by atoms with Crippen molar-refractivity contribution in [2.24, 2.45) is 0 Å². The fraction of sp³-hybridized carbons (Fsp3) is 0. The van der Waals surface area contributed by atoms with Crippen LogP contribution in [0.25, 0.3) is 0 Å². The normalized spacial score (nSPS) is 9.89. The lowest BCUT2D eigenvalue weighted by Gasteiger charge is -2.07. The fourth-order valence-electron chi connectivity index (χ4n) is 1.43. The average Bonchev–Trinajstić information content (AvgIpc) is 2.40. The minimum atomic E-state index is -1.26. The van der Waals surface area contributed by atoms with Gasteiger partial charge in [0, 0.05) is 12.1 Å². The standard InChI is InChI=1S/C13H9NO5/c15-13(16)9-1-5-11(6-2-9)19-12-7-3-10(4-8-12)14(17)18/h1-8H,(H,15,16)/p-1. The molecule has 96 valence electrons. The summed E-state index contributed by atoms with van der Waals surface area (Å²) in [5, 5.41) is 21.0. The monoisotopic (exact) mass is 258 g/mol. The van der Waals surface area contributed by atoms with Gasteiger partial charge in [0.2, 0.25) is 0 Å². The molecule has 2 aromatic rings. The van der Waals surface area contributed by atoms with E-state index in [-0.39, 0.29) is 11.3 Å². The number of aromatic carboxylic acids is 1. The molecular weight excluding hydrogens is 250 g/mol. The van der Waals surface area contributed by atoms with Gasteiger partial charge < -0.3 is 14.6 Å². The summed E-state index contributed by atoms with van der Waals surface area (Å²) in [7, 11) is 0. The maximum Gasteiger partial charge on any atom is 0.269 e. The molecule has 0 fully saturated rings. The Kier molecular flexibility index (Phi) is 3.42. The molecule has 0 aliphatic rings. The van der Waals surface area contributed by atoms with Crippen molar-refractivity contribution in [3.05, 3.63) is 64.2 Å². The number of hydrogen-bond donors (Lipinski definition) is 0. The molecule has 0 saturated carbocycles. The van der Waals surface area contributed by atoms with Crippen LogP contribution in [0, 0.1) is 10.1 Å². The number of carboxylic acids is 1. The smallest absolute Gasteiger partial charge is 0.269 e. The maximum atomic E-state index is 10.6. The van der Waals surface area contributed by atoms with E-state index in [1.165, 1.54) is 48.5 Å². The van der Waals surface area contributed by atoms with Crippen LogP contribution in [0.2, 0.25) is 0 Å². The number of carbonyl (C=O) groups excluding carboxylic acids is 1. The molecule has 2 aromatic carbocycles. The van der Waals surface area contributed by atoms with Crippen LogP contribution >= 0.6 is 0 Å². The van der Waals surface area contributed by atoms with E-state index in [2.05, 4.69) is 0 Å². The molecule has 0 spiro atoms. The van der Waals surface area contributed by atoms with Crippen molar-refractivity contribution in [3.8, 4) is 11.5 Å². The topological polar surface area (TPSA) is 92.5 Å². The number of carboxylic acid groups (broad SMARTS) is 1. The maximum absolute atomic E-state index is 10.6. The molecule has 0 unspecified atom stereocenters. The Hall–Kier alpha value is -2.89. The summed E-state index contributed by atoms with van der Waals surface area (Å²) in [6.45, 7) is 0. The molecule has 6 nitrogen and oxygen atoms in total. The number of carbonyl (C=O) groups is 1. The first-order valence-electron chi connectivity index (χ1n) is 5.30. The molecule has 0 amide bonds. The Morgan fingerprint density at radius 1 is 0.947 bits per heavy atom. The zero-order chi connectivity index (χ0) is 13.8. The number of nitro benzene ring substituents is 1. The second-order valence-electron chi connectivity index (χ2n) is 3.66. The van der Waals surface area contributed by atoms with E-state index >= 15 is 0 Å². The first-order valence-corrected chi connectivity index (χ1v) is 5.30. The van der Waals surface area contributed by atoms with Gasteiger partial charge in [-0.2, -0.15) is 0 Å². The molecule has 0 bridgehead atoms. The molecule has 0 aliphatic carbocycles. The second-order valence-corrected chi connectivity index (χ2v) is 3.66. The number of nitro groups is 1. The van der Waals surface area contributed by atoms with Crippen molar-refractivity contribution >= 4 is 11.7 Å². The number of non-ortho nitro benzene ring substituents is 1. The second kappa shape index (κ2) is 5.18. The van der Waals surface area contributed by atoms with Crippen molar-refractivity contribution in [2.45, 2.75) is 0 Å². The van der Waals surface area contributed by atoms with Gasteiger partial charge in [-0.05, 0) is 42.0 Å². The highest BCUT2D eigenvalue weighted by atomic mass is 16.6. The molecule has 0 aromatic heterocycles. The zero-order valence-corrected chi connectivity index (χ0v) is 9.61. The van der Waals surface area contributed by atoms with Crippen molar-refractivity contribution in [1.29, 1.82) is 0 Å². The number of hydrogen-bond acceptors (Lipinski definition) is 5. The third-order valence-electron chi connectivity index (χ3n) is 2.37. The minimum absolute atomic E-state index is 0.0281. The predicted molar refractivity (Wildman–Crippen MR) is 63.9 cm³/mol. The van der Waals surface area contributed by atoms with Gasteiger partial charge in [-0.25, -0.2) is 0 Å². The van der Waals surface area contributed by atoms with E-state index in [1.54, 1.807) is 0 Å². The van der Waals surface area contributed by atoms with Crippen molar-refractivity contribution in [1.82, 2.24) is 0 Å². The molecular formula is C13H8NO5-. The van der Waals surface area contributed by atoms with E-state index in [1.807, 2.05) is 0 Å². The Morgan fingerprint density at radius 3 is 1.84 bits per heavy atom. The van der Waals surface area contributed by atoms with Crippen LogP contribution in [0.4, 0.5) is 5.69 Å². The lowest BCUT2D eigenvalue weighted by atomic mass is 10.2. The van der Waals surface area contributed by atoms with Crippen LogP contribution < -0.4 is 9.84 Å². The largest absolute Gasteiger partial charge is 0.545 e. The lowest BCUT2D eigenvalue weighted by molar-refractivity contribution is -0.384. The zero-order valence-electron chi connectivity index (χ0n) is 9.61. The van der Waals surface area contributed by atoms with E-state index in [0.29, 0.717) is 11.5 Å². The van der Waals surface area contributed by atoms with Crippen LogP contribution in [0.1, 0.15) is 10.4 Å². The van der Waals surface area contributed by atoms with Crippen LogP contribution in [-0.2, 0) is 0 Å². The third kappa shape index (κ3) is 3.06. The number of rotatable bonds is 4. The Labute approximate surface area is 108 Å². The molecule has 0 radical (unpaired) electrons.